The minimum Gasteiger partial charge on any atom is -0.505 e. The van der Waals surface area contributed by atoms with Crippen LogP contribution in [0.25, 0.3) is 10.9 Å². The van der Waals surface area contributed by atoms with Crippen LogP contribution in [0.3, 0.4) is 0 Å². The summed E-state index contributed by atoms with van der Waals surface area (Å²) in [6, 6.07) is 18.3. The van der Waals surface area contributed by atoms with E-state index < -0.39 is 0 Å². The summed E-state index contributed by atoms with van der Waals surface area (Å²) < 4.78 is 0. The fraction of sp³-hybridized carbons (Fsp3) is 0.217. The molecule has 0 spiro atoms. The summed E-state index contributed by atoms with van der Waals surface area (Å²) in [4.78, 5) is 14.9. The van der Waals surface area contributed by atoms with E-state index in [-0.39, 0.29) is 11.8 Å². The second-order valence-electron chi connectivity index (χ2n) is 7.21. The van der Waals surface area contributed by atoms with Crippen LogP contribution in [0.4, 0.5) is 5.82 Å². The van der Waals surface area contributed by atoms with Crippen LogP contribution in [-0.2, 0) is 0 Å². The summed E-state index contributed by atoms with van der Waals surface area (Å²) in [5, 5.41) is 14.1. The molecule has 4 heterocycles. The molecule has 0 bridgehead atoms. The summed E-state index contributed by atoms with van der Waals surface area (Å²) in [5.41, 5.74) is 1.59. The predicted octanol–water partition coefficient (Wildman–Crippen LogP) is 4.31. The molecule has 0 aliphatic carbocycles. The highest BCUT2D eigenvalue weighted by molar-refractivity contribution is 7.10. The van der Waals surface area contributed by atoms with Gasteiger partial charge in [-0.2, -0.15) is 0 Å². The van der Waals surface area contributed by atoms with E-state index in [9.17, 15) is 5.11 Å². The molecule has 1 saturated heterocycles. The van der Waals surface area contributed by atoms with Crippen LogP contribution >= 0.6 is 11.3 Å². The molecule has 29 heavy (non-hydrogen) atoms. The Balaban J connectivity index is 1.47. The van der Waals surface area contributed by atoms with Gasteiger partial charge in [0.2, 0.25) is 0 Å². The third kappa shape index (κ3) is 3.45. The Kier molecular flexibility index (Phi) is 4.87. The Morgan fingerprint density at radius 2 is 1.72 bits per heavy atom. The Bertz CT molecular complexity index is 1090. The summed E-state index contributed by atoms with van der Waals surface area (Å²) in [5.74, 6) is 1.31. The normalized spacial score (nSPS) is 16.2. The van der Waals surface area contributed by atoms with Crippen molar-refractivity contribution in [3.63, 3.8) is 0 Å². The molecular weight excluding hydrogens is 380 g/mol. The number of aromatic hydroxyl groups is 1. The molecule has 6 heteroatoms. The van der Waals surface area contributed by atoms with Crippen molar-refractivity contribution < 1.29 is 5.11 Å². The van der Waals surface area contributed by atoms with Gasteiger partial charge in [-0.15, -0.1) is 11.3 Å². The molecule has 0 amide bonds. The van der Waals surface area contributed by atoms with Crippen molar-refractivity contribution in [1.29, 1.82) is 0 Å². The maximum Gasteiger partial charge on any atom is 0.146 e. The Hall–Kier alpha value is -2.96. The van der Waals surface area contributed by atoms with Crippen LogP contribution in [0.5, 0.6) is 5.75 Å². The zero-order chi connectivity index (χ0) is 19.6. The highest BCUT2D eigenvalue weighted by Gasteiger charge is 2.30. The lowest BCUT2D eigenvalue weighted by Crippen LogP contribution is -2.48. The van der Waals surface area contributed by atoms with Crippen molar-refractivity contribution in [2.24, 2.45) is 0 Å². The van der Waals surface area contributed by atoms with Crippen LogP contribution in [0.15, 0.2) is 72.4 Å². The standard InChI is InChI=1S/C23H22N4OS/c28-23-18(9-8-17-5-3-11-25-21(17)23)22(19-6-4-16-29-19)27-14-12-26(13-15-27)20-7-1-2-10-24-20/h1-11,16,22,28H,12-15H2. The van der Waals surface area contributed by atoms with E-state index in [1.165, 1.54) is 4.88 Å². The van der Waals surface area contributed by atoms with Crippen molar-refractivity contribution >= 4 is 28.1 Å². The first-order chi connectivity index (χ1) is 14.3. The maximum absolute atomic E-state index is 11.1. The number of phenols is 1. The summed E-state index contributed by atoms with van der Waals surface area (Å²) >= 11 is 1.73. The van der Waals surface area contributed by atoms with Gasteiger partial charge in [0.1, 0.15) is 17.1 Å². The predicted molar refractivity (Wildman–Crippen MR) is 118 cm³/mol. The van der Waals surface area contributed by atoms with Gasteiger partial charge in [-0.3, -0.25) is 9.88 Å². The first-order valence-electron chi connectivity index (χ1n) is 9.81. The first-order valence-corrected chi connectivity index (χ1v) is 10.7. The number of thiophene rings is 1. The Morgan fingerprint density at radius 3 is 2.48 bits per heavy atom. The molecule has 1 atom stereocenters. The quantitative estimate of drug-likeness (QED) is 0.551. The topological polar surface area (TPSA) is 52.5 Å². The summed E-state index contributed by atoms with van der Waals surface area (Å²) in [7, 11) is 0. The third-order valence-electron chi connectivity index (χ3n) is 5.54. The zero-order valence-corrected chi connectivity index (χ0v) is 16.8. The number of aromatic nitrogens is 2. The lowest BCUT2D eigenvalue weighted by atomic mass is 9.99. The summed E-state index contributed by atoms with van der Waals surface area (Å²) in [6.07, 6.45) is 3.58. The number of hydrogen-bond donors (Lipinski definition) is 1. The molecule has 0 saturated carbocycles. The molecule has 1 aromatic carbocycles. The van der Waals surface area contributed by atoms with Gasteiger partial charge in [0, 0.05) is 54.4 Å². The van der Waals surface area contributed by atoms with E-state index in [0.29, 0.717) is 5.52 Å². The van der Waals surface area contributed by atoms with Crippen molar-refractivity contribution in [2.75, 3.05) is 31.1 Å². The third-order valence-corrected chi connectivity index (χ3v) is 6.46. The van der Waals surface area contributed by atoms with Crippen LogP contribution in [0.2, 0.25) is 0 Å². The van der Waals surface area contributed by atoms with Crippen molar-refractivity contribution in [2.45, 2.75) is 6.04 Å². The fourth-order valence-electron chi connectivity index (χ4n) is 4.09. The molecule has 1 N–H and O–H groups in total. The van der Waals surface area contributed by atoms with Crippen molar-refractivity contribution in [3.8, 4) is 5.75 Å². The van der Waals surface area contributed by atoms with Gasteiger partial charge in [0.25, 0.3) is 0 Å². The van der Waals surface area contributed by atoms with Gasteiger partial charge in [-0.05, 0) is 29.6 Å². The van der Waals surface area contributed by atoms with E-state index >= 15 is 0 Å². The van der Waals surface area contributed by atoms with E-state index in [0.717, 1.165) is 42.9 Å². The molecule has 5 nitrogen and oxygen atoms in total. The fourth-order valence-corrected chi connectivity index (χ4v) is 4.97. The molecule has 1 unspecified atom stereocenters. The highest BCUT2D eigenvalue weighted by Crippen LogP contribution is 2.39. The molecule has 5 rings (SSSR count). The minimum atomic E-state index is 0.0206. The van der Waals surface area contributed by atoms with E-state index in [2.05, 4.69) is 55.5 Å². The molecule has 1 fully saturated rings. The summed E-state index contributed by atoms with van der Waals surface area (Å²) in [6.45, 7) is 3.62. The number of nitrogens with zero attached hydrogens (tertiary/aromatic N) is 4. The number of benzene rings is 1. The van der Waals surface area contributed by atoms with Gasteiger partial charge >= 0.3 is 0 Å². The van der Waals surface area contributed by atoms with E-state index in [1.807, 2.05) is 30.5 Å². The molecule has 0 radical (unpaired) electrons. The number of rotatable bonds is 4. The molecule has 3 aromatic heterocycles. The SMILES string of the molecule is Oc1c(C(c2cccs2)N2CCN(c3ccccn3)CC2)ccc2cccnc12. The number of piperazine rings is 1. The molecule has 146 valence electrons. The van der Waals surface area contributed by atoms with Gasteiger partial charge in [0.15, 0.2) is 0 Å². The van der Waals surface area contributed by atoms with Gasteiger partial charge in [-0.1, -0.05) is 30.3 Å². The molecular formula is C23H22N4OS. The first kappa shape index (κ1) is 18.1. The number of pyridine rings is 2. The van der Waals surface area contributed by atoms with Crippen LogP contribution < -0.4 is 4.90 Å². The van der Waals surface area contributed by atoms with Crippen LogP contribution in [0, 0.1) is 0 Å². The Morgan fingerprint density at radius 1 is 0.862 bits per heavy atom. The monoisotopic (exact) mass is 402 g/mol. The lowest BCUT2D eigenvalue weighted by Gasteiger charge is -2.39. The number of phenolic OH excluding ortho intramolecular Hbond substituents is 1. The number of hydrogen-bond acceptors (Lipinski definition) is 6. The Labute approximate surface area is 173 Å². The average molecular weight is 403 g/mol. The van der Waals surface area contributed by atoms with E-state index in [4.69, 9.17) is 0 Å². The molecule has 1 aliphatic rings. The van der Waals surface area contributed by atoms with Gasteiger partial charge < -0.3 is 10.0 Å². The van der Waals surface area contributed by atoms with Crippen LogP contribution in [-0.4, -0.2) is 46.2 Å². The number of fused-ring (bicyclic) bond motifs is 1. The van der Waals surface area contributed by atoms with Crippen LogP contribution in [0.1, 0.15) is 16.5 Å². The van der Waals surface area contributed by atoms with Gasteiger partial charge in [-0.25, -0.2) is 4.98 Å². The smallest absolute Gasteiger partial charge is 0.146 e. The van der Waals surface area contributed by atoms with Gasteiger partial charge in [0.05, 0.1) is 6.04 Å². The molecule has 4 aromatic rings. The molecule has 1 aliphatic heterocycles. The number of anilines is 1. The lowest BCUT2D eigenvalue weighted by molar-refractivity contribution is 0.211. The van der Waals surface area contributed by atoms with Crippen molar-refractivity contribution in [1.82, 2.24) is 14.9 Å². The minimum absolute atomic E-state index is 0.0206. The van der Waals surface area contributed by atoms with Crippen molar-refractivity contribution in [3.05, 3.63) is 82.8 Å². The second-order valence-corrected chi connectivity index (χ2v) is 8.19. The highest BCUT2D eigenvalue weighted by atomic mass is 32.1. The largest absolute Gasteiger partial charge is 0.505 e. The van der Waals surface area contributed by atoms with E-state index in [1.54, 1.807) is 17.5 Å². The maximum atomic E-state index is 11.1. The average Bonchev–Trinajstić information content (AvgIpc) is 3.31. The second kappa shape index (κ2) is 7.81. The zero-order valence-electron chi connectivity index (χ0n) is 16.0.